The highest BCUT2D eigenvalue weighted by Crippen LogP contribution is 2.16. The van der Waals surface area contributed by atoms with Crippen LogP contribution < -0.4 is 10.9 Å². The Morgan fingerprint density at radius 1 is 1.30 bits per heavy atom. The maximum Gasteiger partial charge on any atom is 0.254 e. The molecule has 0 saturated heterocycles. The molecule has 3 rings (SSSR count). The molecule has 0 saturated carbocycles. The van der Waals surface area contributed by atoms with E-state index in [2.05, 4.69) is 20.4 Å². The highest BCUT2D eigenvalue weighted by atomic mass is 16.2. The van der Waals surface area contributed by atoms with Crippen molar-refractivity contribution in [1.29, 1.82) is 0 Å². The van der Waals surface area contributed by atoms with E-state index in [9.17, 15) is 9.59 Å². The van der Waals surface area contributed by atoms with Gasteiger partial charge in [-0.15, -0.1) is 5.10 Å². The third kappa shape index (κ3) is 3.28. The van der Waals surface area contributed by atoms with Crippen LogP contribution in [0.1, 0.15) is 26.2 Å². The second kappa shape index (κ2) is 6.43. The second-order valence-electron chi connectivity index (χ2n) is 5.21. The number of aromatic nitrogens is 4. The Labute approximate surface area is 132 Å². The lowest BCUT2D eigenvalue weighted by Crippen LogP contribution is -2.18. The number of benzene rings is 1. The van der Waals surface area contributed by atoms with Crippen LogP contribution in [-0.2, 0) is 4.79 Å². The van der Waals surface area contributed by atoms with Crippen molar-refractivity contribution in [2.45, 2.75) is 26.2 Å². The number of aromatic amines is 1. The number of hydrogen-bond acceptors (Lipinski definition) is 4. The molecule has 1 amide bonds. The number of unbranched alkanes of at least 4 members (excludes halogenated alkanes) is 1. The number of amides is 1. The third-order valence-electron chi connectivity index (χ3n) is 3.40. The molecule has 7 nitrogen and oxygen atoms in total. The highest BCUT2D eigenvalue weighted by molar-refractivity contribution is 5.90. The van der Waals surface area contributed by atoms with E-state index in [0.29, 0.717) is 23.8 Å². The first kappa shape index (κ1) is 15.0. The van der Waals surface area contributed by atoms with E-state index in [1.165, 1.54) is 10.6 Å². The Hall–Kier alpha value is -2.96. The summed E-state index contributed by atoms with van der Waals surface area (Å²) in [6.45, 7) is 2.02. The van der Waals surface area contributed by atoms with E-state index in [0.717, 1.165) is 18.4 Å². The van der Waals surface area contributed by atoms with Crippen LogP contribution in [0.2, 0.25) is 0 Å². The molecule has 0 aliphatic carbocycles. The number of hydrogen-bond donors (Lipinski definition) is 2. The first-order valence-corrected chi connectivity index (χ1v) is 7.52. The van der Waals surface area contributed by atoms with Crippen LogP contribution in [0.15, 0.2) is 41.2 Å². The van der Waals surface area contributed by atoms with Gasteiger partial charge in [0.2, 0.25) is 11.7 Å². The standard InChI is InChI=1S/C16H17N5O2/c1-2-3-9-13(22)17-12-10-14(23)18-16-19-15(20-21(12)16)11-7-5-4-6-8-11/h4-8,10H,2-3,9H2,1H3,(H,17,22)(H,18,19,20,23). The average molecular weight is 311 g/mol. The molecule has 2 aromatic heterocycles. The lowest BCUT2D eigenvalue weighted by atomic mass is 10.2. The van der Waals surface area contributed by atoms with Crippen LogP contribution in [0, 0.1) is 0 Å². The first-order valence-electron chi connectivity index (χ1n) is 7.52. The van der Waals surface area contributed by atoms with E-state index >= 15 is 0 Å². The van der Waals surface area contributed by atoms with Crippen molar-refractivity contribution in [2.24, 2.45) is 0 Å². The molecule has 3 aromatic rings. The smallest absolute Gasteiger partial charge is 0.254 e. The predicted molar refractivity (Wildman–Crippen MR) is 87.2 cm³/mol. The first-order chi connectivity index (χ1) is 11.2. The molecular weight excluding hydrogens is 294 g/mol. The van der Waals surface area contributed by atoms with E-state index in [1.807, 2.05) is 37.3 Å². The van der Waals surface area contributed by atoms with E-state index in [-0.39, 0.29) is 11.5 Å². The summed E-state index contributed by atoms with van der Waals surface area (Å²) in [6, 6.07) is 10.7. The van der Waals surface area contributed by atoms with Crippen molar-refractivity contribution < 1.29 is 4.79 Å². The van der Waals surface area contributed by atoms with Gasteiger partial charge in [-0.1, -0.05) is 43.7 Å². The lowest BCUT2D eigenvalue weighted by Gasteiger charge is -2.05. The zero-order chi connectivity index (χ0) is 16.2. The van der Waals surface area contributed by atoms with Crippen molar-refractivity contribution in [3.63, 3.8) is 0 Å². The maximum atomic E-state index is 11.9. The topological polar surface area (TPSA) is 92.1 Å². The summed E-state index contributed by atoms with van der Waals surface area (Å²) in [6.07, 6.45) is 2.13. The van der Waals surface area contributed by atoms with Gasteiger partial charge in [-0.05, 0) is 6.42 Å². The van der Waals surface area contributed by atoms with Crippen LogP contribution in [0.4, 0.5) is 5.82 Å². The fraction of sp³-hybridized carbons (Fsp3) is 0.250. The van der Waals surface area contributed by atoms with Crippen molar-refractivity contribution in [2.75, 3.05) is 5.32 Å². The number of H-pyrrole nitrogens is 1. The highest BCUT2D eigenvalue weighted by Gasteiger charge is 2.12. The zero-order valence-electron chi connectivity index (χ0n) is 12.7. The molecule has 2 heterocycles. The molecule has 0 bridgehead atoms. The largest absolute Gasteiger partial charge is 0.310 e. The van der Waals surface area contributed by atoms with Gasteiger partial charge >= 0.3 is 0 Å². The summed E-state index contributed by atoms with van der Waals surface area (Å²) in [5, 5.41) is 7.10. The second-order valence-corrected chi connectivity index (χ2v) is 5.21. The van der Waals surface area contributed by atoms with Gasteiger partial charge in [-0.2, -0.15) is 9.50 Å². The molecule has 7 heteroatoms. The van der Waals surface area contributed by atoms with Crippen LogP contribution in [0.3, 0.4) is 0 Å². The summed E-state index contributed by atoms with van der Waals surface area (Å²) >= 11 is 0. The zero-order valence-corrected chi connectivity index (χ0v) is 12.7. The third-order valence-corrected chi connectivity index (χ3v) is 3.40. The normalized spacial score (nSPS) is 10.8. The molecule has 23 heavy (non-hydrogen) atoms. The minimum absolute atomic E-state index is 0.143. The Morgan fingerprint density at radius 2 is 2.09 bits per heavy atom. The molecule has 0 atom stereocenters. The summed E-state index contributed by atoms with van der Waals surface area (Å²) in [5.74, 6) is 0.952. The molecule has 0 spiro atoms. The molecule has 1 aromatic carbocycles. The Kier molecular flexibility index (Phi) is 4.18. The monoisotopic (exact) mass is 311 g/mol. The number of rotatable bonds is 5. The minimum atomic E-state index is -0.338. The number of carbonyl (C=O) groups is 1. The van der Waals surface area contributed by atoms with Crippen molar-refractivity contribution in [3.05, 3.63) is 46.8 Å². The SMILES string of the molecule is CCCCC(=O)Nc1cc(=O)[nH]c2nc(-c3ccccc3)nn12. The number of nitrogens with zero attached hydrogens (tertiary/aromatic N) is 3. The van der Waals surface area contributed by atoms with E-state index in [1.54, 1.807) is 0 Å². The summed E-state index contributed by atoms with van der Waals surface area (Å²) in [4.78, 5) is 30.6. The van der Waals surface area contributed by atoms with Gasteiger partial charge < -0.3 is 5.32 Å². The van der Waals surface area contributed by atoms with Gasteiger partial charge in [0, 0.05) is 18.1 Å². The van der Waals surface area contributed by atoms with Crippen molar-refractivity contribution >= 4 is 17.5 Å². The van der Waals surface area contributed by atoms with Crippen LogP contribution >= 0.6 is 0 Å². The number of fused-ring (bicyclic) bond motifs is 1. The fourth-order valence-corrected chi connectivity index (χ4v) is 2.23. The number of anilines is 1. The summed E-state index contributed by atoms with van der Waals surface area (Å²) in [5.41, 5.74) is 0.496. The molecule has 0 unspecified atom stereocenters. The van der Waals surface area contributed by atoms with E-state index in [4.69, 9.17) is 0 Å². The quantitative estimate of drug-likeness (QED) is 0.755. The molecule has 118 valence electrons. The Bertz CT molecular complexity index is 882. The lowest BCUT2D eigenvalue weighted by molar-refractivity contribution is -0.116. The maximum absolute atomic E-state index is 11.9. The Morgan fingerprint density at radius 3 is 2.83 bits per heavy atom. The van der Waals surface area contributed by atoms with Gasteiger partial charge in [0.1, 0.15) is 5.82 Å². The van der Waals surface area contributed by atoms with Crippen molar-refractivity contribution in [1.82, 2.24) is 19.6 Å². The predicted octanol–water partition coefficient (Wildman–Crippen LogP) is 2.21. The van der Waals surface area contributed by atoms with Gasteiger partial charge in [-0.3, -0.25) is 14.6 Å². The molecule has 0 fully saturated rings. The van der Waals surface area contributed by atoms with Crippen molar-refractivity contribution in [3.8, 4) is 11.4 Å². The molecular formula is C16H17N5O2. The minimum Gasteiger partial charge on any atom is -0.310 e. The molecule has 0 radical (unpaired) electrons. The fourth-order valence-electron chi connectivity index (χ4n) is 2.23. The van der Waals surface area contributed by atoms with E-state index < -0.39 is 0 Å². The van der Waals surface area contributed by atoms with Crippen LogP contribution in [0.25, 0.3) is 17.2 Å². The number of carbonyl (C=O) groups excluding carboxylic acids is 1. The van der Waals surface area contributed by atoms with Gasteiger partial charge in [0.05, 0.1) is 0 Å². The molecule has 2 N–H and O–H groups in total. The summed E-state index contributed by atoms with van der Waals surface area (Å²) < 4.78 is 1.44. The van der Waals surface area contributed by atoms with Crippen LogP contribution in [0.5, 0.6) is 0 Å². The molecule has 0 aliphatic heterocycles. The van der Waals surface area contributed by atoms with Gasteiger partial charge in [-0.25, -0.2) is 0 Å². The average Bonchev–Trinajstić information content (AvgIpc) is 2.98. The summed E-state index contributed by atoms with van der Waals surface area (Å²) in [7, 11) is 0. The van der Waals surface area contributed by atoms with Gasteiger partial charge in [0.25, 0.3) is 5.56 Å². The Balaban J connectivity index is 1.99. The number of nitrogens with one attached hydrogen (secondary N) is 2. The molecule has 0 aliphatic rings. The van der Waals surface area contributed by atoms with Gasteiger partial charge in [0.15, 0.2) is 5.82 Å². The van der Waals surface area contributed by atoms with Crippen LogP contribution in [-0.4, -0.2) is 25.5 Å².